The molecule has 20 heavy (non-hydrogen) atoms. The van der Waals surface area contributed by atoms with Gasteiger partial charge in [0.25, 0.3) is 0 Å². The Morgan fingerprint density at radius 1 is 1.55 bits per heavy atom. The van der Waals surface area contributed by atoms with Crippen molar-refractivity contribution in [3.05, 3.63) is 28.2 Å². The quantitative estimate of drug-likeness (QED) is 0.796. The summed E-state index contributed by atoms with van der Waals surface area (Å²) in [5.41, 5.74) is 6.67. The van der Waals surface area contributed by atoms with E-state index in [4.69, 9.17) is 22.7 Å². The zero-order valence-electron chi connectivity index (χ0n) is 11.2. The molecule has 0 aromatic heterocycles. The third-order valence-corrected chi connectivity index (χ3v) is 4.41. The van der Waals surface area contributed by atoms with Gasteiger partial charge in [-0.25, -0.2) is 0 Å². The van der Waals surface area contributed by atoms with Gasteiger partial charge in [0.2, 0.25) is 5.91 Å². The van der Waals surface area contributed by atoms with Gasteiger partial charge in [-0.2, -0.15) is 0 Å². The van der Waals surface area contributed by atoms with E-state index in [2.05, 4.69) is 21.2 Å². The molecule has 0 spiro atoms. The van der Waals surface area contributed by atoms with Crippen molar-refractivity contribution in [2.75, 3.05) is 12.4 Å². The lowest BCUT2D eigenvalue weighted by Crippen LogP contribution is -2.42. The molecule has 0 radical (unpaired) electrons. The largest absolute Gasteiger partial charge is 0.389 e. The number of ether oxygens (including phenoxy) is 1. The van der Waals surface area contributed by atoms with Gasteiger partial charge < -0.3 is 15.8 Å². The van der Waals surface area contributed by atoms with Crippen molar-refractivity contribution < 1.29 is 9.53 Å². The number of hydrogen-bond donors (Lipinski definition) is 2. The molecule has 0 unspecified atom stereocenters. The lowest BCUT2D eigenvalue weighted by molar-refractivity contribution is -0.129. The second-order valence-electron chi connectivity index (χ2n) is 5.02. The van der Waals surface area contributed by atoms with Crippen LogP contribution in [0.5, 0.6) is 0 Å². The van der Waals surface area contributed by atoms with Crippen LogP contribution in [0.4, 0.5) is 5.69 Å². The van der Waals surface area contributed by atoms with Gasteiger partial charge in [0, 0.05) is 17.1 Å². The van der Waals surface area contributed by atoms with E-state index in [0.717, 1.165) is 23.7 Å². The van der Waals surface area contributed by atoms with Gasteiger partial charge in [0.1, 0.15) is 4.99 Å². The van der Waals surface area contributed by atoms with E-state index in [1.54, 1.807) is 19.2 Å². The van der Waals surface area contributed by atoms with Crippen molar-refractivity contribution in [3.63, 3.8) is 0 Å². The normalized spacial score (nSPS) is 16.3. The summed E-state index contributed by atoms with van der Waals surface area (Å²) in [7, 11) is 1.66. The number of thiocarbonyl (C=S) groups is 1. The monoisotopic (exact) mass is 356 g/mol. The molecule has 1 aliphatic rings. The average molecular weight is 357 g/mol. The van der Waals surface area contributed by atoms with Crippen LogP contribution in [0.3, 0.4) is 0 Å². The summed E-state index contributed by atoms with van der Waals surface area (Å²) in [6.07, 6.45) is 3.32. The number of nitrogens with one attached hydrogen (secondary N) is 1. The molecule has 2 rings (SSSR count). The number of amides is 1. The number of benzene rings is 1. The summed E-state index contributed by atoms with van der Waals surface area (Å²) in [6, 6.07) is 5.43. The topological polar surface area (TPSA) is 64.3 Å². The molecule has 0 bridgehead atoms. The SMILES string of the molecule is COC1(CC(=O)Nc2cc(Br)ccc2C(N)=S)CCC1. The summed E-state index contributed by atoms with van der Waals surface area (Å²) in [5.74, 6) is -0.0813. The van der Waals surface area contributed by atoms with Crippen LogP contribution in [0.15, 0.2) is 22.7 Å². The van der Waals surface area contributed by atoms with Gasteiger partial charge in [0.05, 0.1) is 17.7 Å². The van der Waals surface area contributed by atoms with Crippen LogP contribution in [0, 0.1) is 0 Å². The van der Waals surface area contributed by atoms with Gasteiger partial charge >= 0.3 is 0 Å². The predicted octanol–water partition coefficient (Wildman–Crippen LogP) is 2.98. The number of nitrogens with two attached hydrogens (primary N) is 1. The fourth-order valence-corrected chi connectivity index (χ4v) is 2.89. The molecule has 0 saturated heterocycles. The number of anilines is 1. The summed E-state index contributed by atoms with van der Waals surface area (Å²) >= 11 is 8.37. The van der Waals surface area contributed by atoms with Crippen molar-refractivity contribution in [2.45, 2.75) is 31.3 Å². The molecule has 1 aromatic rings. The van der Waals surface area contributed by atoms with E-state index >= 15 is 0 Å². The summed E-state index contributed by atoms with van der Waals surface area (Å²) in [4.78, 5) is 12.4. The second-order valence-corrected chi connectivity index (χ2v) is 6.38. The Morgan fingerprint density at radius 3 is 2.75 bits per heavy atom. The van der Waals surface area contributed by atoms with E-state index < -0.39 is 0 Å². The third kappa shape index (κ3) is 3.37. The first-order valence-corrected chi connectivity index (χ1v) is 7.60. The number of rotatable bonds is 5. The van der Waals surface area contributed by atoms with Crippen LogP contribution in [0.25, 0.3) is 0 Å². The molecule has 3 N–H and O–H groups in total. The Labute approximate surface area is 132 Å². The van der Waals surface area contributed by atoms with Gasteiger partial charge in [-0.05, 0) is 37.5 Å². The minimum absolute atomic E-state index is 0.0813. The van der Waals surface area contributed by atoms with Crippen molar-refractivity contribution in [1.82, 2.24) is 0 Å². The Kier molecular flexibility index (Phi) is 4.78. The summed E-state index contributed by atoms with van der Waals surface area (Å²) in [6.45, 7) is 0. The van der Waals surface area contributed by atoms with Crippen LogP contribution >= 0.6 is 28.1 Å². The third-order valence-electron chi connectivity index (χ3n) is 3.70. The highest BCUT2D eigenvalue weighted by molar-refractivity contribution is 9.10. The molecule has 108 valence electrons. The molecule has 1 saturated carbocycles. The average Bonchev–Trinajstić information content (AvgIpc) is 2.33. The summed E-state index contributed by atoms with van der Waals surface area (Å²) < 4.78 is 6.32. The number of methoxy groups -OCH3 is 1. The predicted molar refractivity (Wildman–Crippen MR) is 86.9 cm³/mol. The Bertz CT molecular complexity index is 538. The number of carbonyl (C=O) groups is 1. The Morgan fingerprint density at radius 2 is 2.25 bits per heavy atom. The van der Waals surface area contributed by atoms with Crippen molar-refractivity contribution in [3.8, 4) is 0 Å². The van der Waals surface area contributed by atoms with Crippen molar-refractivity contribution >= 4 is 44.7 Å². The van der Waals surface area contributed by atoms with Crippen molar-refractivity contribution in [1.29, 1.82) is 0 Å². The van der Waals surface area contributed by atoms with Gasteiger partial charge in [-0.3, -0.25) is 4.79 Å². The van der Waals surface area contributed by atoms with Crippen LogP contribution in [0.2, 0.25) is 0 Å². The highest BCUT2D eigenvalue weighted by Crippen LogP contribution is 2.38. The maximum Gasteiger partial charge on any atom is 0.227 e. The molecule has 6 heteroatoms. The van der Waals surface area contributed by atoms with Crippen LogP contribution in [-0.4, -0.2) is 23.6 Å². The Hall–Kier alpha value is -0.980. The summed E-state index contributed by atoms with van der Waals surface area (Å²) in [5, 5.41) is 2.87. The molecule has 0 aliphatic heterocycles. The fraction of sp³-hybridized carbons (Fsp3) is 0.429. The highest BCUT2D eigenvalue weighted by Gasteiger charge is 2.39. The molecule has 0 atom stereocenters. The number of halogens is 1. The number of carbonyl (C=O) groups excluding carboxylic acids is 1. The maximum absolute atomic E-state index is 12.2. The molecule has 1 fully saturated rings. The minimum Gasteiger partial charge on any atom is -0.389 e. The maximum atomic E-state index is 12.2. The van der Waals surface area contributed by atoms with Gasteiger partial charge in [-0.15, -0.1) is 0 Å². The minimum atomic E-state index is -0.292. The van der Waals surface area contributed by atoms with Gasteiger partial charge in [0.15, 0.2) is 0 Å². The smallest absolute Gasteiger partial charge is 0.227 e. The Balaban J connectivity index is 2.11. The second kappa shape index (κ2) is 6.20. The lowest BCUT2D eigenvalue weighted by atomic mass is 9.77. The van der Waals surface area contributed by atoms with Gasteiger partial charge in [-0.1, -0.05) is 28.1 Å². The van der Waals surface area contributed by atoms with E-state index in [-0.39, 0.29) is 16.5 Å². The highest BCUT2D eigenvalue weighted by atomic mass is 79.9. The molecular formula is C14H17BrN2O2S. The van der Waals surface area contributed by atoms with E-state index in [1.165, 1.54) is 0 Å². The van der Waals surface area contributed by atoms with E-state index in [1.807, 2.05) is 6.07 Å². The number of hydrogen-bond acceptors (Lipinski definition) is 3. The van der Waals surface area contributed by atoms with Crippen LogP contribution in [0.1, 0.15) is 31.2 Å². The lowest BCUT2D eigenvalue weighted by Gasteiger charge is -2.39. The fourth-order valence-electron chi connectivity index (χ4n) is 2.35. The standard InChI is InChI=1S/C14H17BrN2O2S/c1-19-14(5-2-6-14)8-12(18)17-11-7-9(15)3-4-10(11)13(16)20/h3-4,7H,2,5-6,8H2,1H3,(H2,16,20)(H,17,18). The first kappa shape index (κ1) is 15.4. The van der Waals surface area contributed by atoms with Crippen LogP contribution < -0.4 is 11.1 Å². The van der Waals surface area contributed by atoms with Crippen molar-refractivity contribution in [2.24, 2.45) is 5.73 Å². The molecule has 0 heterocycles. The first-order valence-electron chi connectivity index (χ1n) is 6.40. The molecule has 1 aliphatic carbocycles. The first-order chi connectivity index (χ1) is 9.46. The molecule has 1 amide bonds. The molecular weight excluding hydrogens is 340 g/mol. The zero-order valence-corrected chi connectivity index (χ0v) is 13.6. The molecule has 4 nitrogen and oxygen atoms in total. The zero-order chi connectivity index (χ0) is 14.8. The van der Waals surface area contributed by atoms with E-state index in [0.29, 0.717) is 17.7 Å². The molecule has 1 aromatic carbocycles. The van der Waals surface area contributed by atoms with E-state index in [9.17, 15) is 4.79 Å². The van der Waals surface area contributed by atoms with Crippen LogP contribution in [-0.2, 0) is 9.53 Å².